The van der Waals surface area contributed by atoms with Crippen LogP contribution in [0.15, 0.2) is 59.8 Å². The van der Waals surface area contributed by atoms with Gasteiger partial charge in [-0.2, -0.15) is 0 Å². The summed E-state index contributed by atoms with van der Waals surface area (Å²) in [4.78, 5) is 26.4. The van der Waals surface area contributed by atoms with E-state index in [2.05, 4.69) is 19.8 Å². The Morgan fingerprint density at radius 1 is 1.03 bits per heavy atom. The lowest BCUT2D eigenvalue weighted by Gasteiger charge is -2.24. The van der Waals surface area contributed by atoms with Crippen molar-refractivity contribution in [1.29, 1.82) is 0 Å². The molecule has 0 aliphatic carbocycles. The number of nitrogens with zero attached hydrogens (tertiary/aromatic N) is 5. The molecule has 8 heteroatoms. The first-order chi connectivity index (χ1) is 15.7. The summed E-state index contributed by atoms with van der Waals surface area (Å²) >= 11 is 5.85. The summed E-state index contributed by atoms with van der Waals surface area (Å²) in [6.07, 6.45) is 8.88. The molecule has 166 valence electrons. The Morgan fingerprint density at radius 3 is 2.62 bits per heavy atom. The van der Waals surface area contributed by atoms with Crippen LogP contribution in [0.2, 0.25) is 5.02 Å². The molecule has 5 heterocycles. The fourth-order valence-electron chi connectivity index (χ4n) is 4.48. The van der Waals surface area contributed by atoms with Gasteiger partial charge >= 0.3 is 0 Å². The van der Waals surface area contributed by atoms with Gasteiger partial charge in [-0.15, -0.1) is 0 Å². The highest BCUT2D eigenvalue weighted by molar-refractivity contribution is 6.30. The zero-order valence-corrected chi connectivity index (χ0v) is 18.6. The second-order valence-electron chi connectivity index (χ2n) is 8.33. The molecular weight excluding hydrogens is 426 g/mol. The molecule has 0 spiro atoms. The van der Waals surface area contributed by atoms with Gasteiger partial charge in [0.2, 0.25) is 0 Å². The average molecular weight is 452 g/mol. The van der Waals surface area contributed by atoms with E-state index in [0.717, 1.165) is 30.3 Å². The van der Waals surface area contributed by atoms with Crippen molar-refractivity contribution in [2.24, 2.45) is 0 Å². The highest BCUT2D eigenvalue weighted by atomic mass is 35.5. The second-order valence-corrected chi connectivity index (χ2v) is 8.77. The van der Waals surface area contributed by atoms with Crippen molar-refractivity contribution in [2.75, 3.05) is 31.1 Å². The van der Waals surface area contributed by atoms with Crippen LogP contribution < -0.4 is 15.2 Å². The van der Waals surface area contributed by atoms with Gasteiger partial charge < -0.3 is 9.64 Å². The van der Waals surface area contributed by atoms with Gasteiger partial charge in [0.1, 0.15) is 18.2 Å². The molecule has 1 unspecified atom stereocenters. The maximum absolute atomic E-state index is 12.6. The molecule has 0 N–H and O–H groups in total. The molecule has 5 rings (SSSR count). The topological polar surface area (TPSA) is 63.5 Å². The number of rotatable bonds is 6. The number of likely N-dealkylation sites (tertiary alicyclic amines) is 1. The van der Waals surface area contributed by atoms with Crippen LogP contribution >= 0.6 is 11.6 Å². The lowest BCUT2D eigenvalue weighted by molar-refractivity contribution is 0.260. The predicted molar refractivity (Wildman–Crippen MR) is 125 cm³/mol. The minimum atomic E-state index is -0.170. The van der Waals surface area contributed by atoms with Gasteiger partial charge in [0.15, 0.2) is 0 Å². The Morgan fingerprint density at radius 2 is 1.91 bits per heavy atom. The Bertz CT molecular complexity index is 1110. The minimum Gasteiger partial charge on any atom is -0.487 e. The first-order valence-corrected chi connectivity index (χ1v) is 11.4. The van der Waals surface area contributed by atoms with Crippen molar-refractivity contribution in [1.82, 2.24) is 19.4 Å². The molecule has 0 amide bonds. The summed E-state index contributed by atoms with van der Waals surface area (Å²) in [5.74, 6) is 1.47. The van der Waals surface area contributed by atoms with E-state index in [1.54, 1.807) is 41.4 Å². The van der Waals surface area contributed by atoms with E-state index in [0.29, 0.717) is 16.8 Å². The Labute approximate surface area is 192 Å². The molecule has 2 saturated heterocycles. The predicted octanol–water partition coefficient (Wildman–Crippen LogP) is 3.53. The van der Waals surface area contributed by atoms with Crippen LogP contribution in [0, 0.1) is 0 Å². The van der Waals surface area contributed by atoms with Crippen LogP contribution in [0.25, 0.3) is 5.69 Å². The van der Waals surface area contributed by atoms with Crippen LogP contribution in [-0.2, 0) is 6.61 Å². The molecule has 0 radical (unpaired) electrons. The zero-order chi connectivity index (χ0) is 21.9. The summed E-state index contributed by atoms with van der Waals surface area (Å²) < 4.78 is 7.27. The third-order valence-corrected chi connectivity index (χ3v) is 6.44. The highest BCUT2D eigenvalue weighted by Crippen LogP contribution is 2.24. The van der Waals surface area contributed by atoms with E-state index in [1.165, 1.54) is 38.4 Å². The summed E-state index contributed by atoms with van der Waals surface area (Å²) in [5, 5.41) is 0.576. The largest absolute Gasteiger partial charge is 0.487 e. The maximum atomic E-state index is 12.6. The van der Waals surface area contributed by atoms with Crippen molar-refractivity contribution in [3.8, 4) is 11.4 Å². The number of hydrogen-bond acceptors (Lipinski definition) is 6. The van der Waals surface area contributed by atoms with Gasteiger partial charge in [0, 0.05) is 37.6 Å². The van der Waals surface area contributed by atoms with E-state index in [1.807, 2.05) is 12.1 Å². The smallest absolute Gasteiger partial charge is 0.258 e. The highest BCUT2D eigenvalue weighted by Gasteiger charge is 2.29. The van der Waals surface area contributed by atoms with Crippen LogP contribution in [0.1, 0.15) is 25.0 Å². The third-order valence-electron chi connectivity index (χ3n) is 6.22. The average Bonchev–Trinajstić information content (AvgIpc) is 3.51. The van der Waals surface area contributed by atoms with Crippen LogP contribution in [0.3, 0.4) is 0 Å². The number of ether oxygens (including phenoxy) is 1. The fourth-order valence-corrected chi connectivity index (χ4v) is 4.59. The number of halogens is 1. The Hall–Kier alpha value is -2.90. The van der Waals surface area contributed by atoms with Gasteiger partial charge in [0.05, 0.1) is 22.6 Å². The van der Waals surface area contributed by atoms with Crippen molar-refractivity contribution in [2.45, 2.75) is 31.9 Å². The quantitative estimate of drug-likeness (QED) is 0.571. The standard InChI is InChI=1S/C24H26ClN5O2/c25-18-3-4-19(26-14-18)17-32-22-8-12-30(24(31)13-22)20-5-6-23(27-15-20)29-11-7-21(16-29)28-9-1-2-10-28/h3-6,8,12-15,21H,1-2,7,9-11,16-17H2. The van der Waals surface area contributed by atoms with Crippen molar-refractivity contribution < 1.29 is 4.74 Å². The monoisotopic (exact) mass is 451 g/mol. The van der Waals surface area contributed by atoms with Gasteiger partial charge in [-0.05, 0) is 62.7 Å². The van der Waals surface area contributed by atoms with Crippen LogP contribution in [0.5, 0.6) is 5.75 Å². The van der Waals surface area contributed by atoms with Gasteiger partial charge in [0.25, 0.3) is 5.56 Å². The number of pyridine rings is 3. The summed E-state index contributed by atoms with van der Waals surface area (Å²) in [6, 6.07) is 11.4. The maximum Gasteiger partial charge on any atom is 0.258 e. The second kappa shape index (κ2) is 9.30. The van der Waals surface area contributed by atoms with Gasteiger partial charge in [-0.25, -0.2) is 4.98 Å². The summed E-state index contributed by atoms with van der Waals surface area (Å²) in [5.41, 5.74) is 1.31. The van der Waals surface area contributed by atoms with E-state index >= 15 is 0 Å². The first kappa shape index (κ1) is 21.0. The molecule has 32 heavy (non-hydrogen) atoms. The molecule has 2 aliphatic heterocycles. The van der Waals surface area contributed by atoms with Crippen LogP contribution in [-0.4, -0.2) is 51.7 Å². The molecule has 0 bridgehead atoms. The summed E-state index contributed by atoms with van der Waals surface area (Å²) in [7, 11) is 0. The van der Waals surface area contributed by atoms with E-state index in [9.17, 15) is 4.79 Å². The van der Waals surface area contributed by atoms with Crippen molar-refractivity contribution in [3.63, 3.8) is 0 Å². The van der Waals surface area contributed by atoms with Gasteiger partial charge in [-0.1, -0.05) is 11.6 Å². The molecule has 1 atom stereocenters. The Kier molecular flexibility index (Phi) is 6.10. The third kappa shape index (κ3) is 4.64. The zero-order valence-electron chi connectivity index (χ0n) is 17.9. The van der Waals surface area contributed by atoms with Gasteiger partial charge in [-0.3, -0.25) is 19.2 Å². The normalized spacial score (nSPS) is 18.9. The van der Waals surface area contributed by atoms with E-state index in [-0.39, 0.29) is 12.2 Å². The fraction of sp³-hybridized carbons (Fsp3) is 0.375. The number of anilines is 1. The first-order valence-electron chi connectivity index (χ1n) is 11.1. The lowest BCUT2D eigenvalue weighted by atomic mass is 10.2. The molecule has 2 aliphatic rings. The molecule has 3 aromatic heterocycles. The molecule has 2 fully saturated rings. The molecule has 7 nitrogen and oxygen atoms in total. The number of hydrogen-bond donors (Lipinski definition) is 0. The summed E-state index contributed by atoms with van der Waals surface area (Å²) in [6.45, 7) is 4.78. The molecular formula is C24H26ClN5O2. The van der Waals surface area contributed by atoms with E-state index in [4.69, 9.17) is 16.3 Å². The number of aromatic nitrogens is 3. The van der Waals surface area contributed by atoms with Crippen LogP contribution in [0.4, 0.5) is 5.82 Å². The SMILES string of the molecule is O=c1cc(OCc2ccc(Cl)cn2)ccn1-c1ccc(N2CCC(N3CCCC3)C2)nc1. The minimum absolute atomic E-state index is 0.170. The van der Waals surface area contributed by atoms with E-state index < -0.39 is 0 Å². The molecule has 0 aromatic carbocycles. The van der Waals surface area contributed by atoms with Crippen molar-refractivity contribution in [3.05, 3.63) is 76.1 Å². The van der Waals surface area contributed by atoms with Crippen molar-refractivity contribution >= 4 is 17.4 Å². The molecule has 3 aromatic rings. The molecule has 0 saturated carbocycles. The Balaban J connectivity index is 1.23. The lowest BCUT2D eigenvalue weighted by Crippen LogP contribution is -2.35.